The van der Waals surface area contributed by atoms with Gasteiger partial charge in [0.05, 0.1) is 11.0 Å². The number of halogens is 1. The highest BCUT2D eigenvalue weighted by Gasteiger charge is 2.09. The van der Waals surface area contributed by atoms with Gasteiger partial charge < -0.3 is 14.1 Å². The van der Waals surface area contributed by atoms with E-state index in [1.807, 2.05) is 28.4 Å². The van der Waals surface area contributed by atoms with E-state index in [2.05, 4.69) is 9.97 Å². The lowest BCUT2D eigenvalue weighted by atomic mass is 10.2. The Morgan fingerprint density at radius 1 is 1.40 bits per heavy atom. The van der Waals surface area contributed by atoms with Gasteiger partial charge in [0.1, 0.15) is 11.6 Å². The average molecular weight is 290 g/mol. The number of H-pyrrole nitrogens is 1. The van der Waals surface area contributed by atoms with Crippen molar-refractivity contribution in [2.45, 2.75) is 19.9 Å². The molecule has 0 radical (unpaired) electrons. The number of aromatic amines is 1. The standard InChI is InChI=1S/C14H15FN4S/c1-9-7-12-11(8-10(9)15)17-14(20)19(12)5-3-13-16-4-6-18(13)2/h4,6-8H,3,5H2,1-2H3,(H,17,20). The van der Waals surface area contributed by atoms with Crippen LogP contribution in [0.1, 0.15) is 11.4 Å². The second-order valence-corrected chi connectivity index (χ2v) is 5.29. The van der Waals surface area contributed by atoms with Gasteiger partial charge in [-0.3, -0.25) is 0 Å². The molecule has 0 fully saturated rings. The molecule has 0 aliphatic heterocycles. The number of nitrogens with zero attached hydrogens (tertiary/aromatic N) is 3. The summed E-state index contributed by atoms with van der Waals surface area (Å²) in [6.07, 6.45) is 4.48. The van der Waals surface area contributed by atoms with Crippen LogP contribution in [0.5, 0.6) is 0 Å². The molecule has 0 saturated carbocycles. The van der Waals surface area contributed by atoms with Gasteiger partial charge in [0.15, 0.2) is 4.77 Å². The van der Waals surface area contributed by atoms with E-state index in [-0.39, 0.29) is 5.82 Å². The van der Waals surface area contributed by atoms with Crippen LogP contribution < -0.4 is 0 Å². The first-order valence-corrected chi connectivity index (χ1v) is 6.82. The van der Waals surface area contributed by atoms with Crippen LogP contribution in [-0.4, -0.2) is 19.1 Å². The van der Waals surface area contributed by atoms with E-state index in [1.54, 1.807) is 13.1 Å². The zero-order valence-electron chi connectivity index (χ0n) is 11.4. The number of aromatic nitrogens is 4. The molecule has 0 amide bonds. The first-order chi connectivity index (χ1) is 9.56. The summed E-state index contributed by atoms with van der Waals surface area (Å²) in [4.78, 5) is 7.35. The maximum Gasteiger partial charge on any atom is 0.178 e. The minimum atomic E-state index is -0.218. The van der Waals surface area contributed by atoms with Gasteiger partial charge in [0.2, 0.25) is 0 Å². The van der Waals surface area contributed by atoms with E-state index < -0.39 is 0 Å². The SMILES string of the molecule is Cc1cc2c(cc1F)[nH]c(=S)n2CCc1nccn1C. The van der Waals surface area contributed by atoms with E-state index in [0.29, 0.717) is 10.3 Å². The first-order valence-electron chi connectivity index (χ1n) is 6.41. The molecule has 0 aliphatic carbocycles. The van der Waals surface area contributed by atoms with Crippen LogP contribution in [0.15, 0.2) is 24.5 Å². The van der Waals surface area contributed by atoms with Gasteiger partial charge in [-0.05, 0) is 36.8 Å². The Bertz CT molecular complexity index is 827. The lowest BCUT2D eigenvalue weighted by Gasteiger charge is -2.06. The van der Waals surface area contributed by atoms with E-state index >= 15 is 0 Å². The van der Waals surface area contributed by atoms with E-state index in [1.165, 1.54) is 6.07 Å². The third kappa shape index (κ3) is 2.16. The second kappa shape index (κ2) is 4.86. The molecule has 0 unspecified atom stereocenters. The molecule has 3 aromatic rings. The van der Waals surface area contributed by atoms with E-state index in [4.69, 9.17) is 12.2 Å². The van der Waals surface area contributed by atoms with Crippen molar-refractivity contribution < 1.29 is 4.39 Å². The Morgan fingerprint density at radius 3 is 2.90 bits per heavy atom. The van der Waals surface area contributed by atoms with Gasteiger partial charge in [0.25, 0.3) is 0 Å². The molecule has 0 spiro atoms. The van der Waals surface area contributed by atoms with Crippen LogP contribution in [0.2, 0.25) is 0 Å². The molecular formula is C14H15FN4S. The van der Waals surface area contributed by atoms with Crippen LogP contribution in [0.4, 0.5) is 4.39 Å². The summed E-state index contributed by atoms with van der Waals surface area (Å²) in [5.74, 6) is 0.782. The van der Waals surface area contributed by atoms with E-state index in [0.717, 1.165) is 29.8 Å². The van der Waals surface area contributed by atoms with Crippen molar-refractivity contribution in [1.29, 1.82) is 0 Å². The quantitative estimate of drug-likeness (QED) is 0.753. The topological polar surface area (TPSA) is 38.5 Å². The Morgan fingerprint density at radius 2 is 2.20 bits per heavy atom. The maximum atomic E-state index is 13.6. The highest BCUT2D eigenvalue weighted by molar-refractivity contribution is 7.71. The van der Waals surface area contributed by atoms with Crippen LogP contribution >= 0.6 is 12.2 Å². The molecule has 0 saturated heterocycles. The molecule has 4 nitrogen and oxygen atoms in total. The number of imidazole rings is 2. The highest BCUT2D eigenvalue weighted by atomic mass is 32.1. The monoisotopic (exact) mass is 290 g/mol. The van der Waals surface area contributed by atoms with Crippen molar-refractivity contribution in [3.63, 3.8) is 0 Å². The predicted octanol–water partition coefficient (Wildman–Crippen LogP) is 3.12. The van der Waals surface area contributed by atoms with Gasteiger partial charge in [-0.2, -0.15) is 0 Å². The van der Waals surface area contributed by atoms with Crippen LogP contribution in [0.25, 0.3) is 11.0 Å². The Hall–Kier alpha value is -1.95. The highest BCUT2D eigenvalue weighted by Crippen LogP contribution is 2.19. The summed E-state index contributed by atoms with van der Waals surface area (Å²) in [5.41, 5.74) is 2.29. The fourth-order valence-corrected chi connectivity index (χ4v) is 2.65. The van der Waals surface area contributed by atoms with Crippen molar-refractivity contribution in [2.24, 2.45) is 7.05 Å². The van der Waals surface area contributed by atoms with Crippen LogP contribution in [0.3, 0.4) is 0 Å². The van der Waals surface area contributed by atoms with Gasteiger partial charge >= 0.3 is 0 Å². The summed E-state index contributed by atoms with van der Waals surface area (Å²) >= 11 is 5.32. The predicted molar refractivity (Wildman–Crippen MR) is 78.7 cm³/mol. The van der Waals surface area contributed by atoms with Gasteiger partial charge in [-0.25, -0.2) is 9.37 Å². The molecule has 0 bridgehead atoms. The molecule has 104 valence electrons. The average Bonchev–Trinajstić information content (AvgIpc) is 2.92. The zero-order chi connectivity index (χ0) is 14.3. The number of hydrogen-bond acceptors (Lipinski definition) is 2. The molecule has 1 aromatic carbocycles. The molecular weight excluding hydrogens is 275 g/mol. The first kappa shape index (κ1) is 13.1. The Labute approximate surface area is 120 Å². The summed E-state index contributed by atoms with van der Waals surface area (Å²) in [6.45, 7) is 2.47. The number of aryl methyl sites for hydroxylation is 4. The second-order valence-electron chi connectivity index (χ2n) is 4.90. The third-order valence-electron chi connectivity index (χ3n) is 3.53. The molecule has 3 rings (SSSR count). The largest absolute Gasteiger partial charge is 0.338 e. The Balaban J connectivity index is 1.99. The number of nitrogens with one attached hydrogen (secondary N) is 1. The van der Waals surface area contributed by atoms with Crippen molar-refractivity contribution in [3.8, 4) is 0 Å². The Kier molecular flexibility index (Phi) is 3.17. The molecule has 0 aliphatic rings. The lowest BCUT2D eigenvalue weighted by molar-refractivity contribution is 0.619. The smallest absolute Gasteiger partial charge is 0.178 e. The molecule has 1 N–H and O–H groups in total. The zero-order valence-corrected chi connectivity index (χ0v) is 12.2. The number of rotatable bonds is 3. The molecule has 2 aromatic heterocycles. The number of hydrogen-bond donors (Lipinski definition) is 1. The normalized spacial score (nSPS) is 11.3. The minimum absolute atomic E-state index is 0.218. The van der Waals surface area contributed by atoms with Gasteiger partial charge in [0, 0.05) is 32.4 Å². The van der Waals surface area contributed by atoms with Crippen LogP contribution in [-0.2, 0) is 20.0 Å². The van der Waals surface area contributed by atoms with Crippen LogP contribution in [0, 0.1) is 17.5 Å². The van der Waals surface area contributed by atoms with Crippen molar-refractivity contribution in [2.75, 3.05) is 0 Å². The molecule has 20 heavy (non-hydrogen) atoms. The van der Waals surface area contributed by atoms with Crippen molar-refractivity contribution in [1.82, 2.24) is 19.1 Å². The van der Waals surface area contributed by atoms with Crippen molar-refractivity contribution in [3.05, 3.63) is 46.5 Å². The fourth-order valence-electron chi connectivity index (χ4n) is 2.35. The molecule has 6 heteroatoms. The number of benzene rings is 1. The summed E-state index contributed by atoms with van der Waals surface area (Å²) in [7, 11) is 1.97. The molecule has 2 heterocycles. The summed E-state index contributed by atoms with van der Waals surface area (Å²) in [6, 6.07) is 3.33. The lowest BCUT2D eigenvalue weighted by Crippen LogP contribution is -2.05. The summed E-state index contributed by atoms with van der Waals surface area (Å²) in [5, 5.41) is 0. The number of fused-ring (bicyclic) bond motifs is 1. The maximum absolute atomic E-state index is 13.6. The molecule has 0 atom stereocenters. The van der Waals surface area contributed by atoms with Gasteiger partial charge in [-0.1, -0.05) is 0 Å². The van der Waals surface area contributed by atoms with E-state index in [9.17, 15) is 4.39 Å². The van der Waals surface area contributed by atoms with Crippen molar-refractivity contribution >= 4 is 23.3 Å². The fraction of sp³-hybridized carbons (Fsp3) is 0.286. The van der Waals surface area contributed by atoms with Gasteiger partial charge in [-0.15, -0.1) is 0 Å². The third-order valence-corrected chi connectivity index (χ3v) is 3.86. The summed E-state index contributed by atoms with van der Waals surface area (Å²) < 4.78 is 18.2. The minimum Gasteiger partial charge on any atom is -0.338 e.